The normalized spacial score (nSPS) is 10.6. The second kappa shape index (κ2) is 7.00. The van der Waals surface area contributed by atoms with Crippen molar-refractivity contribution in [3.8, 4) is 22.3 Å². The molecule has 0 fully saturated rings. The van der Waals surface area contributed by atoms with Gasteiger partial charge in [-0.25, -0.2) is 9.97 Å². The highest BCUT2D eigenvalue weighted by Gasteiger charge is 2.10. The first-order chi connectivity index (χ1) is 12.0. The van der Waals surface area contributed by atoms with Gasteiger partial charge >= 0.3 is 0 Å². The van der Waals surface area contributed by atoms with Gasteiger partial charge in [-0.3, -0.25) is 4.79 Å². The Bertz CT molecular complexity index is 889. The van der Waals surface area contributed by atoms with E-state index in [1.165, 1.54) is 6.33 Å². The number of aromatic nitrogens is 2. The Labute approximate surface area is 145 Å². The summed E-state index contributed by atoms with van der Waals surface area (Å²) < 4.78 is 0. The van der Waals surface area contributed by atoms with Crippen LogP contribution in [0.1, 0.15) is 12.0 Å². The van der Waals surface area contributed by atoms with E-state index in [1.54, 1.807) is 18.5 Å². The second-order valence-electron chi connectivity index (χ2n) is 5.85. The molecule has 0 aliphatic rings. The van der Waals surface area contributed by atoms with Gasteiger partial charge in [0, 0.05) is 35.8 Å². The molecule has 0 unspecified atom stereocenters. The van der Waals surface area contributed by atoms with Crippen molar-refractivity contribution >= 4 is 17.3 Å². The van der Waals surface area contributed by atoms with E-state index < -0.39 is 0 Å². The van der Waals surface area contributed by atoms with Crippen LogP contribution in [-0.4, -0.2) is 15.9 Å². The molecule has 6 heteroatoms. The Kier molecular flexibility index (Phi) is 4.61. The van der Waals surface area contributed by atoms with Gasteiger partial charge in [-0.15, -0.1) is 0 Å². The first-order valence-corrected chi connectivity index (χ1v) is 7.86. The molecule has 6 nitrogen and oxygen atoms in total. The Morgan fingerprint density at radius 1 is 0.880 bits per heavy atom. The van der Waals surface area contributed by atoms with Crippen molar-refractivity contribution in [1.82, 2.24) is 9.97 Å². The van der Waals surface area contributed by atoms with Gasteiger partial charge in [-0.2, -0.15) is 0 Å². The summed E-state index contributed by atoms with van der Waals surface area (Å²) in [4.78, 5) is 19.3. The quantitative estimate of drug-likeness (QED) is 0.619. The number of amides is 1. The Morgan fingerprint density at radius 3 is 2.20 bits per heavy atom. The zero-order valence-electron chi connectivity index (χ0n) is 13.6. The Balaban J connectivity index is 2.09. The van der Waals surface area contributed by atoms with Gasteiger partial charge in [0.2, 0.25) is 5.91 Å². The lowest BCUT2D eigenvalue weighted by atomic mass is 9.92. The zero-order valence-corrected chi connectivity index (χ0v) is 13.6. The number of rotatable bonds is 5. The molecular weight excluding hydrogens is 314 g/mol. The molecular formula is C19H19N5O. The number of carbonyl (C=O) groups excluding carboxylic acids is 1. The number of aryl methyl sites for hydroxylation is 1. The third-order valence-corrected chi connectivity index (χ3v) is 3.93. The van der Waals surface area contributed by atoms with Crippen LogP contribution in [0.25, 0.3) is 22.3 Å². The predicted octanol–water partition coefficient (Wildman–Crippen LogP) is 2.39. The maximum atomic E-state index is 11.2. The number of hydrogen-bond acceptors (Lipinski definition) is 5. The van der Waals surface area contributed by atoms with Crippen molar-refractivity contribution in [2.75, 3.05) is 11.5 Å². The van der Waals surface area contributed by atoms with Crippen molar-refractivity contribution < 1.29 is 4.79 Å². The summed E-state index contributed by atoms with van der Waals surface area (Å²) in [5.74, 6) is -0.341. The van der Waals surface area contributed by atoms with Crippen LogP contribution in [0, 0.1) is 0 Å². The summed E-state index contributed by atoms with van der Waals surface area (Å²) >= 11 is 0. The molecule has 3 rings (SSSR count). The highest BCUT2D eigenvalue weighted by molar-refractivity contribution is 5.79. The zero-order chi connectivity index (χ0) is 17.8. The SMILES string of the molecule is NC(=O)CCc1cc(-c2cncnc2)ccc1-c1cc(N)cc(N)c1. The van der Waals surface area contributed by atoms with Crippen molar-refractivity contribution in [3.05, 3.63) is 60.7 Å². The standard InChI is InChI=1S/C19H19N5O/c20-16-6-14(7-17(21)8-16)18-3-1-12(15-9-23-11-24-10-15)5-13(18)2-4-19(22)25/h1,3,5-11H,2,4,20-21H2,(H2,22,25). The molecule has 0 aliphatic carbocycles. The summed E-state index contributed by atoms with van der Waals surface area (Å²) in [6.45, 7) is 0. The number of carbonyl (C=O) groups is 1. The van der Waals surface area contributed by atoms with Gasteiger partial charge < -0.3 is 17.2 Å². The van der Waals surface area contributed by atoms with Gasteiger partial charge in [-0.1, -0.05) is 18.2 Å². The van der Waals surface area contributed by atoms with Crippen molar-refractivity contribution in [1.29, 1.82) is 0 Å². The molecule has 25 heavy (non-hydrogen) atoms. The van der Waals surface area contributed by atoms with Crippen LogP contribution in [0.3, 0.4) is 0 Å². The van der Waals surface area contributed by atoms with E-state index in [2.05, 4.69) is 9.97 Å². The van der Waals surface area contributed by atoms with Gasteiger partial charge in [0.15, 0.2) is 0 Å². The molecule has 0 radical (unpaired) electrons. The molecule has 0 saturated heterocycles. The Morgan fingerprint density at radius 2 is 1.56 bits per heavy atom. The van der Waals surface area contributed by atoms with Gasteiger partial charge in [-0.05, 0) is 46.9 Å². The third kappa shape index (κ3) is 3.92. The van der Waals surface area contributed by atoms with E-state index in [0.29, 0.717) is 17.8 Å². The van der Waals surface area contributed by atoms with E-state index in [0.717, 1.165) is 27.8 Å². The van der Waals surface area contributed by atoms with Crippen LogP contribution < -0.4 is 17.2 Å². The monoisotopic (exact) mass is 333 g/mol. The van der Waals surface area contributed by atoms with Crippen molar-refractivity contribution in [3.63, 3.8) is 0 Å². The molecule has 1 amide bonds. The fourth-order valence-electron chi connectivity index (χ4n) is 2.80. The molecule has 0 atom stereocenters. The molecule has 0 aliphatic heterocycles. The van der Waals surface area contributed by atoms with Crippen LogP contribution in [0.15, 0.2) is 55.1 Å². The average Bonchev–Trinajstić information content (AvgIpc) is 2.59. The fraction of sp³-hybridized carbons (Fsp3) is 0.105. The number of nitrogens with zero attached hydrogens (tertiary/aromatic N) is 2. The fourth-order valence-corrected chi connectivity index (χ4v) is 2.80. The van der Waals surface area contributed by atoms with E-state index in [1.807, 2.05) is 30.3 Å². The van der Waals surface area contributed by atoms with Crippen LogP contribution in [0.4, 0.5) is 11.4 Å². The molecule has 1 aromatic heterocycles. The topological polar surface area (TPSA) is 121 Å². The lowest BCUT2D eigenvalue weighted by Crippen LogP contribution is -2.11. The number of nitrogens with two attached hydrogens (primary N) is 3. The highest BCUT2D eigenvalue weighted by Crippen LogP contribution is 2.31. The average molecular weight is 333 g/mol. The van der Waals surface area contributed by atoms with E-state index in [-0.39, 0.29) is 12.3 Å². The molecule has 0 spiro atoms. The molecule has 2 aromatic carbocycles. The summed E-state index contributed by atoms with van der Waals surface area (Å²) in [7, 11) is 0. The van der Waals surface area contributed by atoms with E-state index in [4.69, 9.17) is 17.2 Å². The first-order valence-electron chi connectivity index (χ1n) is 7.86. The maximum Gasteiger partial charge on any atom is 0.217 e. The number of hydrogen-bond donors (Lipinski definition) is 3. The maximum absolute atomic E-state index is 11.2. The van der Waals surface area contributed by atoms with Gasteiger partial charge in [0.05, 0.1) is 0 Å². The highest BCUT2D eigenvalue weighted by atomic mass is 16.1. The lowest BCUT2D eigenvalue weighted by molar-refractivity contribution is -0.117. The van der Waals surface area contributed by atoms with Crippen LogP contribution in [0.2, 0.25) is 0 Å². The molecule has 0 saturated carbocycles. The van der Waals surface area contributed by atoms with E-state index in [9.17, 15) is 4.79 Å². The lowest BCUT2D eigenvalue weighted by Gasteiger charge is -2.13. The molecule has 126 valence electrons. The largest absolute Gasteiger partial charge is 0.399 e. The minimum Gasteiger partial charge on any atom is -0.399 e. The van der Waals surface area contributed by atoms with Crippen LogP contribution in [-0.2, 0) is 11.2 Å². The number of primary amides is 1. The smallest absolute Gasteiger partial charge is 0.217 e. The number of nitrogen functional groups attached to an aromatic ring is 2. The summed E-state index contributed by atoms with van der Waals surface area (Å²) in [5, 5.41) is 0. The predicted molar refractivity (Wildman–Crippen MR) is 99.2 cm³/mol. The third-order valence-electron chi connectivity index (χ3n) is 3.93. The van der Waals surface area contributed by atoms with Gasteiger partial charge in [0.1, 0.15) is 6.33 Å². The molecule has 0 bridgehead atoms. The minimum atomic E-state index is -0.341. The summed E-state index contributed by atoms with van der Waals surface area (Å²) in [6, 6.07) is 11.4. The second-order valence-corrected chi connectivity index (χ2v) is 5.85. The molecule has 1 heterocycles. The number of anilines is 2. The van der Waals surface area contributed by atoms with Crippen LogP contribution >= 0.6 is 0 Å². The van der Waals surface area contributed by atoms with E-state index >= 15 is 0 Å². The van der Waals surface area contributed by atoms with Crippen LogP contribution in [0.5, 0.6) is 0 Å². The van der Waals surface area contributed by atoms with Crippen molar-refractivity contribution in [2.45, 2.75) is 12.8 Å². The van der Waals surface area contributed by atoms with Gasteiger partial charge in [0.25, 0.3) is 0 Å². The summed E-state index contributed by atoms with van der Waals surface area (Å²) in [6.07, 6.45) is 5.78. The summed E-state index contributed by atoms with van der Waals surface area (Å²) in [5.41, 5.74) is 23.1. The number of benzene rings is 2. The molecule has 3 aromatic rings. The minimum absolute atomic E-state index is 0.263. The molecule has 6 N–H and O–H groups in total. The van der Waals surface area contributed by atoms with Crippen molar-refractivity contribution in [2.24, 2.45) is 5.73 Å². The first kappa shape index (κ1) is 16.4. The Hall–Kier alpha value is -3.41.